The number of H-pyrrole nitrogens is 1. The lowest BCUT2D eigenvalue weighted by molar-refractivity contribution is 0.302. The van der Waals surface area contributed by atoms with Crippen molar-refractivity contribution in [2.24, 2.45) is 0 Å². The van der Waals surface area contributed by atoms with Gasteiger partial charge in [-0.1, -0.05) is 23.7 Å². The average molecular weight is 539 g/mol. The Bertz CT molecular complexity index is 755. The smallest absolute Gasteiger partial charge is 0.204 e. The van der Waals surface area contributed by atoms with E-state index >= 15 is 0 Å². The van der Waals surface area contributed by atoms with Gasteiger partial charge < -0.3 is 4.74 Å². The maximum atomic E-state index is 5.94. The first-order chi connectivity index (χ1) is 10.6. The van der Waals surface area contributed by atoms with Gasteiger partial charge in [-0.3, -0.25) is 0 Å². The summed E-state index contributed by atoms with van der Waals surface area (Å²) in [5.41, 5.74) is 1.97. The number of nitrogens with one attached hydrogen (secondary N) is 1. The van der Waals surface area contributed by atoms with Gasteiger partial charge in [0.1, 0.15) is 12.4 Å². The van der Waals surface area contributed by atoms with Crippen molar-refractivity contribution in [3.05, 3.63) is 54.1 Å². The minimum atomic E-state index is 0.491. The number of hydrogen-bond donors (Lipinski definition) is 1. The highest BCUT2D eigenvalue weighted by molar-refractivity contribution is 14.1. The molecule has 0 atom stereocenters. The summed E-state index contributed by atoms with van der Waals surface area (Å²) in [6.45, 7) is 0.491. The molecule has 0 aliphatic rings. The number of nitrogens with zero attached hydrogens (tertiary/aromatic N) is 3. The molecule has 0 bridgehead atoms. The number of rotatable bonds is 4. The highest BCUT2D eigenvalue weighted by Crippen LogP contribution is 2.32. The zero-order chi connectivity index (χ0) is 15.5. The van der Waals surface area contributed by atoms with E-state index in [4.69, 9.17) is 16.3 Å². The summed E-state index contributed by atoms with van der Waals surface area (Å²) in [5, 5.41) is 14.7. The molecule has 8 heteroatoms. The van der Waals surface area contributed by atoms with Crippen LogP contribution in [0.1, 0.15) is 5.56 Å². The van der Waals surface area contributed by atoms with E-state index in [9.17, 15) is 0 Å². The molecule has 1 heterocycles. The standard InChI is InChI=1S/C14H9ClI2N4O/c15-10-3-1-8(2-4-10)7-22-13-11(16)5-9(6-12(13)17)14-18-20-21-19-14/h1-6H,7H2,(H,18,19,20,21). The van der Waals surface area contributed by atoms with Crippen LogP contribution in [0.4, 0.5) is 0 Å². The number of benzene rings is 2. The maximum Gasteiger partial charge on any atom is 0.204 e. The lowest BCUT2D eigenvalue weighted by atomic mass is 10.2. The van der Waals surface area contributed by atoms with Crippen molar-refractivity contribution in [2.75, 3.05) is 0 Å². The van der Waals surface area contributed by atoms with Crippen LogP contribution in [0.25, 0.3) is 11.4 Å². The van der Waals surface area contributed by atoms with Crippen LogP contribution in [0.5, 0.6) is 5.75 Å². The first-order valence-corrected chi connectivity index (χ1v) is 8.77. The lowest BCUT2D eigenvalue weighted by Crippen LogP contribution is -1.99. The molecule has 0 spiro atoms. The Morgan fingerprint density at radius 3 is 2.36 bits per heavy atom. The number of tetrazole rings is 1. The summed E-state index contributed by atoms with van der Waals surface area (Å²) in [7, 11) is 0. The highest BCUT2D eigenvalue weighted by Gasteiger charge is 2.12. The molecule has 0 aliphatic heterocycles. The number of halogens is 3. The molecule has 0 saturated heterocycles. The molecular weight excluding hydrogens is 529 g/mol. The Labute approximate surface area is 159 Å². The first kappa shape index (κ1) is 15.9. The van der Waals surface area contributed by atoms with Crippen molar-refractivity contribution >= 4 is 56.8 Å². The topological polar surface area (TPSA) is 63.7 Å². The molecular formula is C14H9ClI2N4O. The second-order valence-corrected chi connectivity index (χ2v) is 7.18. The van der Waals surface area contributed by atoms with E-state index in [2.05, 4.69) is 65.8 Å². The van der Waals surface area contributed by atoms with E-state index in [1.54, 1.807) is 0 Å². The van der Waals surface area contributed by atoms with Crippen molar-refractivity contribution in [1.82, 2.24) is 20.6 Å². The SMILES string of the molecule is Clc1ccc(COc2c(I)cc(-c3nn[nH]n3)cc2I)cc1. The Kier molecular flexibility index (Phi) is 5.14. The third kappa shape index (κ3) is 3.69. The van der Waals surface area contributed by atoms with E-state index in [1.807, 2.05) is 36.4 Å². The van der Waals surface area contributed by atoms with Gasteiger partial charge >= 0.3 is 0 Å². The molecule has 1 N–H and O–H groups in total. The van der Waals surface area contributed by atoms with Gasteiger partial charge in [-0.15, -0.1) is 10.2 Å². The third-order valence-corrected chi connectivity index (χ3v) is 4.75. The summed E-state index contributed by atoms with van der Waals surface area (Å²) < 4.78 is 7.94. The second-order valence-electron chi connectivity index (χ2n) is 4.42. The number of hydrogen-bond acceptors (Lipinski definition) is 4. The van der Waals surface area contributed by atoms with Crippen LogP contribution in [0, 0.1) is 7.14 Å². The molecule has 0 aliphatic carbocycles. The molecule has 1 aromatic heterocycles. The van der Waals surface area contributed by atoms with Gasteiger partial charge in [-0.05, 0) is 80.2 Å². The van der Waals surface area contributed by atoms with Gasteiger partial charge in [0.2, 0.25) is 5.82 Å². The molecule has 22 heavy (non-hydrogen) atoms. The quantitative estimate of drug-likeness (QED) is 0.503. The second kappa shape index (κ2) is 7.09. The average Bonchev–Trinajstić information content (AvgIpc) is 3.02. The molecule has 3 aromatic rings. The van der Waals surface area contributed by atoms with Gasteiger partial charge in [0, 0.05) is 10.6 Å². The molecule has 112 valence electrons. The molecule has 0 unspecified atom stereocenters. The van der Waals surface area contributed by atoms with Gasteiger partial charge in [-0.25, -0.2) is 0 Å². The molecule has 0 fully saturated rings. The van der Waals surface area contributed by atoms with Gasteiger partial charge in [0.15, 0.2) is 0 Å². The summed E-state index contributed by atoms with van der Waals surface area (Å²) in [4.78, 5) is 0. The molecule has 5 nitrogen and oxygen atoms in total. The molecule has 3 rings (SSSR count). The van der Waals surface area contributed by atoms with Crippen LogP contribution in [0.3, 0.4) is 0 Å². The van der Waals surface area contributed by atoms with E-state index in [0.29, 0.717) is 12.4 Å². The summed E-state index contributed by atoms with van der Waals surface area (Å²) in [6, 6.07) is 11.6. The monoisotopic (exact) mass is 538 g/mol. The fourth-order valence-corrected chi connectivity index (χ4v) is 4.05. The van der Waals surface area contributed by atoms with Crippen LogP contribution in [0.2, 0.25) is 5.02 Å². The largest absolute Gasteiger partial charge is 0.487 e. The van der Waals surface area contributed by atoms with Crippen LogP contribution in [-0.4, -0.2) is 20.6 Å². The van der Waals surface area contributed by atoms with Crippen LogP contribution < -0.4 is 4.74 Å². The van der Waals surface area contributed by atoms with E-state index in [0.717, 1.165) is 29.0 Å². The van der Waals surface area contributed by atoms with Crippen molar-refractivity contribution < 1.29 is 4.74 Å². The first-order valence-electron chi connectivity index (χ1n) is 6.23. The Morgan fingerprint density at radius 2 is 1.77 bits per heavy atom. The van der Waals surface area contributed by atoms with Crippen LogP contribution >= 0.6 is 56.8 Å². The summed E-state index contributed by atoms with van der Waals surface area (Å²) in [5.74, 6) is 1.42. The van der Waals surface area contributed by atoms with Crippen molar-refractivity contribution in [3.63, 3.8) is 0 Å². The van der Waals surface area contributed by atoms with Crippen molar-refractivity contribution in [1.29, 1.82) is 0 Å². The molecule has 2 aromatic carbocycles. The maximum absolute atomic E-state index is 5.94. The minimum Gasteiger partial charge on any atom is -0.487 e. The molecule has 0 saturated carbocycles. The van der Waals surface area contributed by atoms with E-state index < -0.39 is 0 Å². The fraction of sp³-hybridized carbons (Fsp3) is 0.0714. The predicted molar refractivity (Wildman–Crippen MR) is 101 cm³/mol. The normalized spacial score (nSPS) is 10.7. The fourth-order valence-electron chi connectivity index (χ4n) is 1.85. The van der Waals surface area contributed by atoms with E-state index in [-0.39, 0.29) is 0 Å². The van der Waals surface area contributed by atoms with Gasteiger partial charge in [0.05, 0.1) is 7.14 Å². The zero-order valence-electron chi connectivity index (χ0n) is 11.1. The van der Waals surface area contributed by atoms with Crippen LogP contribution in [0.15, 0.2) is 36.4 Å². The Morgan fingerprint density at radius 1 is 1.09 bits per heavy atom. The molecule has 0 amide bonds. The van der Waals surface area contributed by atoms with Crippen molar-refractivity contribution in [2.45, 2.75) is 6.61 Å². The van der Waals surface area contributed by atoms with Gasteiger partial charge in [0.25, 0.3) is 0 Å². The summed E-state index contributed by atoms with van der Waals surface area (Å²) in [6.07, 6.45) is 0. The zero-order valence-corrected chi connectivity index (χ0v) is 16.1. The predicted octanol–water partition coefficient (Wildman–Crippen LogP) is 4.31. The molecule has 0 radical (unpaired) electrons. The van der Waals surface area contributed by atoms with Crippen molar-refractivity contribution in [3.8, 4) is 17.1 Å². The van der Waals surface area contributed by atoms with Crippen LogP contribution in [-0.2, 0) is 6.61 Å². The lowest BCUT2D eigenvalue weighted by Gasteiger charge is -2.11. The minimum absolute atomic E-state index is 0.491. The number of ether oxygens (including phenoxy) is 1. The number of aromatic amines is 1. The third-order valence-electron chi connectivity index (χ3n) is 2.90. The summed E-state index contributed by atoms with van der Waals surface area (Å²) >= 11 is 10.4. The van der Waals surface area contributed by atoms with Gasteiger partial charge in [-0.2, -0.15) is 5.21 Å². The van der Waals surface area contributed by atoms with E-state index in [1.165, 1.54) is 0 Å². The Hall–Kier alpha value is -0.940. The number of aromatic nitrogens is 4. The highest BCUT2D eigenvalue weighted by atomic mass is 127. The Balaban J connectivity index is 1.80.